The molecule has 0 unspecified atom stereocenters. The quantitative estimate of drug-likeness (QED) is 0.541. The molecule has 0 fully saturated rings. The standard InChI is InChI=1S/C20H16ClFN6/c1-28(2)19-10-18(24-11-25-19)26-16-9-17(14-8-12(21)5-6-15(14)22)27-20-13(16)4-3-7-23-20/h3-11H,1-2H3,(H,23,24,25,26,27). The molecule has 3 heterocycles. The zero-order valence-corrected chi connectivity index (χ0v) is 15.9. The van der Waals surface area contributed by atoms with E-state index in [-0.39, 0.29) is 0 Å². The van der Waals surface area contributed by atoms with Crippen molar-refractivity contribution in [1.82, 2.24) is 19.9 Å². The molecule has 6 nitrogen and oxygen atoms in total. The van der Waals surface area contributed by atoms with Crippen LogP contribution in [0, 0.1) is 5.82 Å². The van der Waals surface area contributed by atoms with Crippen LogP contribution in [0.3, 0.4) is 0 Å². The second kappa shape index (κ2) is 7.36. The van der Waals surface area contributed by atoms with Gasteiger partial charge in [0.05, 0.1) is 11.4 Å². The smallest absolute Gasteiger partial charge is 0.161 e. The third kappa shape index (κ3) is 3.57. The van der Waals surface area contributed by atoms with Gasteiger partial charge in [0.1, 0.15) is 23.8 Å². The van der Waals surface area contributed by atoms with Crippen molar-refractivity contribution in [2.75, 3.05) is 24.3 Å². The first-order valence-electron chi connectivity index (χ1n) is 8.49. The van der Waals surface area contributed by atoms with Crippen molar-refractivity contribution in [1.29, 1.82) is 0 Å². The van der Waals surface area contributed by atoms with Crippen LogP contribution in [0.4, 0.5) is 21.7 Å². The van der Waals surface area contributed by atoms with Gasteiger partial charge >= 0.3 is 0 Å². The van der Waals surface area contributed by atoms with Crippen LogP contribution >= 0.6 is 11.6 Å². The maximum Gasteiger partial charge on any atom is 0.161 e. The van der Waals surface area contributed by atoms with Gasteiger partial charge in [0.15, 0.2) is 5.65 Å². The summed E-state index contributed by atoms with van der Waals surface area (Å²) in [4.78, 5) is 19.2. The van der Waals surface area contributed by atoms with Crippen molar-refractivity contribution < 1.29 is 4.39 Å². The van der Waals surface area contributed by atoms with Gasteiger partial charge < -0.3 is 10.2 Å². The summed E-state index contributed by atoms with van der Waals surface area (Å²) in [5, 5.41) is 4.49. The number of hydrogen-bond acceptors (Lipinski definition) is 6. The van der Waals surface area contributed by atoms with Crippen LogP contribution in [0.2, 0.25) is 5.02 Å². The molecule has 28 heavy (non-hydrogen) atoms. The number of fused-ring (bicyclic) bond motifs is 1. The van der Waals surface area contributed by atoms with Gasteiger partial charge in [-0.1, -0.05) is 11.6 Å². The van der Waals surface area contributed by atoms with Gasteiger partial charge in [-0.3, -0.25) is 0 Å². The first kappa shape index (κ1) is 18.1. The molecule has 0 spiro atoms. The summed E-state index contributed by atoms with van der Waals surface area (Å²) in [5.74, 6) is 0.956. The number of hydrogen-bond donors (Lipinski definition) is 1. The molecule has 4 rings (SSSR count). The second-order valence-corrected chi connectivity index (χ2v) is 6.77. The fraction of sp³-hybridized carbons (Fsp3) is 0.100. The number of nitrogens with zero attached hydrogens (tertiary/aromatic N) is 5. The largest absolute Gasteiger partial charge is 0.363 e. The number of nitrogens with one attached hydrogen (secondary N) is 1. The monoisotopic (exact) mass is 394 g/mol. The highest BCUT2D eigenvalue weighted by atomic mass is 35.5. The van der Waals surface area contributed by atoms with E-state index in [1.165, 1.54) is 18.5 Å². The first-order chi connectivity index (χ1) is 13.5. The summed E-state index contributed by atoms with van der Waals surface area (Å²) in [7, 11) is 3.80. The Morgan fingerprint density at radius 3 is 2.71 bits per heavy atom. The summed E-state index contributed by atoms with van der Waals surface area (Å²) in [6.45, 7) is 0. The van der Waals surface area contributed by atoms with Crippen LogP contribution in [0.25, 0.3) is 22.3 Å². The molecule has 0 saturated heterocycles. The van der Waals surface area contributed by atoms with E-state index < -0.39 is 5.82 Å². The van der Waals surface area contributed by atoms with Gasteiger partial charge in [-0.15, -0.1) is 0 Å². The van der Waals surface area contributed by atoms with Gasteiger partial charge in [0.2, 0.25) is 0 Å². The molecule has 140 valence electrons. The Morgan fingerprint density at radius 2 is 1.89 bits per heavy atom. The van der Waals surface area contributed by atoms with Crippen LogP contribution in [-0.2, 0) is 0 Å². The minimum Gasteiger partial charge on any atom is -0.363 e. The maximum absolute atomic E-state index is 14.4. The molecular weight excluding hydrogens is 379 g/mol. The number of pyridine rings is 2. The molecule has 3 aromatic heterocycles. The summed E-state index contributed by atoms with van der Waals surface area (Å²) in [6.07, 6.45) is 3.13. The lowest BCUT2D eigenvalue weighted by Gasteiger charge is -2.14. The normalized spacial score (nSPS) is 10.9. The van der Waals surface area contributed by atoms with Crippen molar-refractivity contribution in [2.45, 2.75) is 0 Å². The van der Waals surface area contributed by atoms with Crippen molar-refractivity contribution in [3.8, 4) is 11.3 Å². The van der Waals surface area contributed by atoms with E-state index >= 15 is 0 Å². The molecule has 1 N–H and O–H groups in total. The number of anilines is 3. The Labute approximate surface area is 166 Å². The molecular formula is C20H16ClFN6. The third-order valence-electron chi connectivity index (χ3n) is 4.16. The molecule has 4 aromatic rings. The Balaban J connectivity index is 1.85. The topological polar surface area (TPSA) is 66.8 Å². The molecule has 0 amide bonds. The highest BCUT2D eigenvalue weighted by molar-refractivity contribution is 6.30. The molecule has 0 aliphatic carbocycles. The predicted molar refractivity (Wildman–Crippen MR) is 110 cm³/mol. The van der Waals surface area contributed by atoms with Gasteiger partial charge in [0, 0.05) is 42.3 Å². The lowest BCUT2D eigenvalue weighted by molar-refractivity contribution is 0.631. The van der Waals surface area contributed by atoms with E-state index in [9.17, 15) is 4.39 Å². The van der Waals surface area contributed by atoms with Crippen LogP contribution in [-0.4, -0.2) is 34.0 Å². The highest BCUT2D eigenvalue weighted by Gasteiger charge is 2.13. The van der Waals surface area contributed by atoms with E-state index in [4.69, 9.17) is 11.6 Å². The molecule has 0 radical (unpaired) electrons. The first-order valence-corrected chi connectivity index (χ1v) is 8.86. The number of rotatable bonds is 4. The molecule has 0 aliphatic heterocycles. The van der Waals surface area contributed by atoms with Crippen molar-refractivity contribution in [2.24, 2.45) is 0 Å². The van der Waals surface area contributed by atoms with Crippen molar-refractivity contribution in [3.05, 3.63) is 65.8 Å². The molecule has 0 aliphatic rings. The Bertz CT molecular complexity index is 1160. The van der Waals surface area contributed by atoms with Crippen molar-refractivity contribution >= 4 is 40.0 Å². The van der Waals surface area contributed by atoms with Crippen LogP contribution in [0.5, 0.6) is 0 Å². The Kier molecular flexibility index (Phi) is 4.75. The van der Waals surface area contributed by atoms with E-state index in [2.05, 4.69) is 25.3 Å². The third-order valence-corrected chi connectivity index (χ3v) is 4.40. The van der Waals surface area contributed by atoms with Gasteiger partial charge in [0.25, 0.3) is 0 Å². The maximum atomic E-state index is 14.4. The van der Waals surface area contributed by atoms with Crippen molar-refractivity contribution in [3.63, 3.8) is 0 Å². The van der Waals surface area contributed by atoms with E-state index in [0.29, 0.717) is 33.4 Å². The summed E-state index contributed by atoms with van der Waals surface area (Å²) in [6, 6.07) is 11.7. The van der Waals surface area contributed by atoms with Crippen LogP contribution < -0.4 is 10.2 Å². The molecule has 8 heteroatoms. The van der Waals surface area contributed by atoms with Gasteiger partial charge in [-0.05, 0) is 36.4 Å². The molecule has 0 atom stereocenters. The Hall–Kier alpha value is -3.32. The fourth-order valence-electron chi connectivity index (χ4n) is 2.79. The minimum absolute atomic E-state index is 0.305. The lowest BCUT2D eigenvalue weighted by Crippen LogP contribution is -2.11. The molecule has 1 aromatic carbocycles. The summed E-state index contributed by atoms with van der Waals surface area (Å²) < 4.78 is 14.4. The van der Waals surface area contributed by atoms with E-state index in [1.54, 1.807) is 18.3 Å². The average molecular weight is 395 g/mol. The summed E-state index contributed by atoms with van der Waals surface area (Å²) >= 11 is 6.05. The fourth-order valence-corrected chi connectivity index (χ4v) is 2.96. The zero-order valence-electron chi connectivity index (χ0n) is 15.2. The summed E-state index contributed by atoms with van der Waals surface area (Å²) in [5.41, 5.74) is 1.93. The Morgan fingerprint density at radius 1 is 1.04 bits per heavy atom. The molecule has 0 bridgehead atoms. The van der Waals surface area contributed by atoms with Gasteiger partial charge in [-0.25, -0.2) is 24.3 Å². The van der Waals surface area contributed by atoms with Crippen LogP contribution in [0.1, 0.15) is 0 Å². The predicted octanol–water partition coefficient (Wildman–Crippen LogP) is 4.69. The number of aromatic nitrogens is 4. The number of benzene rings is 1. The minimum atomic E-state index is -0.407. The highest BCUT2D eigenvalue weighted by Crippen LogP contribution is 2.31. The average Bonchev–Trinajstić information content (AvgIpc) is 2.70. The zero-order chi connectivity index (χ0) is 19.7. The number of halogens is 2. The van der Waals surface area contributed by atoms with E-state index in [1.807, 2.05) is 37.2 Å². The lowest BCUT2D eigenvalue weighted by atomic mass is 10.1. The van der Waals surface area contributed by atoms with Gasteiger partial charge in [-0.2, -0.15) is 0 Å². The second-order valence-electron chi connectivity index (χ2n) is 6.33. The van der Waals surface area contributed by atoms with Crippen LogP contribution in [0.15, 0.2) is 55.0 Å². The molecule has 0 saturated carbocycles. The SMILES string of the molecule is CN(C)c1cc(Nc2cc(-c3cc(Cl)ccc3F)nc3ncccc23)ncn1. The van der Waals surface area contributed by atoms with E-state index in [0.717, 1.165) is 11.2 Å².